The molecule has 0 radical (unpaired) electrons. The van der Waals surface area contributed by atoms with Crippen molar-refractivity contribution < 1.29 is 10.0 Å². The summed E-state index contributed by atoms with van der Waals surface area (Å²) in [5.41, 5.74) is -0.0627. The highest BCUT2D eigenvalue weighted by atomic mass is 16.6. The molecule has 0 bridgehead atoms. The summed E-state index contributed by atoms with van der Waals surface area (Å²) in [5, 5.41) is 26.1. The van der Waals surface area contributed by atoms with E-state index in [9.17, 15) is 15.2 Å². The largest absolute Gasteiger partial charge is 0.396 e. The molecule has 2 rings (SSSR count). The van der Waals surface area contributed by atoms with E-state index >= 15 is 0 Å². The molecule has 1 aliphatic carbocycles. The van der Waals surface area contributed by atoms with Gasteiger partial charge in [-0.05, 0) is 19.8 Å². The van der Waals surface area contributed by atoms with Gasteiger partial charge in [-0.25, -0.2) is 4.98 Å². The minimum absolute atomic E-state index is 0.00213. The fraction of sp³-hybridized carbons (Fsp3) is 0.583. The van der Waals surface area contributed by atoms with Crippen molar-refractivity contribution in [1.29, 1.82) is 0 Å². The lowest BCUT2D eigenvalue weighted by Crippen LogP contribution is -2.19. The van der Waals surface area contributed by atoms with Gasteiger partial charge in [-0.1, -0.05) is 0 Å². The molecule has 0 aliphatic heterocycles. The first-order valence-electron chi connectivity index (χ1n) is 6.34. The molecule has 0 aromatic carbocycles. The highest BCUT2D eigenvalue weighted by Crippen LogP contribution is 2.44. The summed E-state index contributed by atoms with van der Waals surface area (Å²) in [6.07, 6.45) is 1.96. The second-order valence-corrected chi connectivity index (χ2v) is 4.89. The molecule has 1 aromatic heterocycles. The molecule has 1 saturated carbocycles. The predicted octanol–water partition coefficient (Wildman–Crippen LogP) is 1.61. The molecule has 3 N–H and O–H groups in total. The number of pyridine rings is 1. The number of nitrogens with one attached hydrogen (secondary N) is 2. The van der Waals surface area contributed by atoms with Crippen LogP contribution in [-0.4, -0.2) is 34.7 Å². The van der Waals surface area contributed by atoms with Gasteiger partial charge < -0.3 is 15.7 Å². The van der Waals surface area contributed by atoms with Gasteiger partial charge >= 0.3 is 0 Å². The third-order valence-corrected chi connectivity index (χ3v) is 3.32. The van der Waals surface area contributed by atoms with Crippen LogP contribution in [-0.2, 0) is 0 Å². The zero-order chi connectivity index (χ0) is 13.9. The summed E-state index contributed by atoms with van der Waals surface area (Å²) in [7, 11) is 0. The van der Waals surface area contributed by atoms with E-state index in [1.54, 1.807) is 0 Å². The summed E-state index contributed by atoms with van der Waals surface area (Å²) in [5.74, 6) is 0.943. The Bertz CT molecular complexity index is 474. The second kappa shape index (κ2) is 5.40. The number of aromatic nitrogens is 1. The summed E-state index contributed by atoms with van der Waals surface area (Å²) < 4.78 is 0. The standard InChI is InChI=1S/C12H18N4O3/c1-2-13-10-5-9(16(18)19)6-11(15-10)14-7-12(8-17)3-4-12/h5-6,17H,2-4,7-8H2,1H3,(H2,13,14,15). The van der Waals surface area contributed by atoms with E-state index in [-0.39, 0.29) is 17.7 Å². The van der Waals surface area contributed by atoms with Crippen LogP contribution in [0.1, 0.15) is 19.8 Å². The van der Waals surface area contributed by atoms with Crippen molar-refractivity contribution in [3.63, 3.8) is 0 Å². The number of aliphatic hydroxyl groups excluding tert-OH is 1. The Kier molecular flexibility index (Phi) is 3.84. The van der Waals surface area contributed by atoms with Gasteiger partial charge in [-0.3, -0.25) is 10.1 Å². The highest BCUT2D eigenvalue weighted by molar-refractivity contribution is 5.54. The molecular weight excluding hydrogens is 248 g/mol. The number of anilines is 2. The topological polar surface area (TPSA) is 100 Å². The second-order valence-electron chi connectivity index (χ2n) is 4.89. The molecule has 1 fully saturated rings. The smallest absolute Gasteiger partial charge is 0.276 e. The van der Waals surface area contributed by atoms with Crippen molar-refractivity contribution in [2.75, 3.05) is 30.3 Å². The van der Waals surface area contributed by atoms with Gasteiger partial charge in [-0.2, -0.15) is 0 Å². The van der Waals surface area contributed by atoms with Crippen LogP contribution in [0.4, 0.5) is 17.3 Å². The van der Waals surface area contributed by atoms with Crippen molar-refractivity contribution in [3.8, 4) is 0 Å². The van der Waals surface area contributed by atoms with Gasteiger partial charge in [0.2, 0.25) is 0 Å². The number of hydrogen-bond acceptors (Lipinski definition) is 6. The van der Waals surface area contributed by atoms with Gasteiger partial charge in [0, 0.05) is 18.5 Å². The maximum absolute atomic E-state index is 10.9. The van der Waals surface area contributed by atoms with E-state index in [2.05, 4.69) is 15.6 Å². The SMILES string of the molecule is CCNc1cc([N+](=O)[O-])cc(NCC2(CO)CC2)n1. The molecule has 7 heteroatoms. The highest BCUT2D eigenvalue weighted by Gasteiger charge is 2.41. The van der Waals surface area contributed by atoms with Crippen LogP contribution in [0.3, 0.4) is 0 Å². The van der Waals surface area contributed by atoms with Crippen molar-refractivity contribution in [2.45, 2.75) is 19.8 Å². The van der Waals surface area contributed by atoms with Crippen LogP contribution >= 0.6 is 0 Å². The van der Waals surface area contributed by atoms with Crippen molar-refractivity contribution in [2.24, 2.45) is 5.41 Å². The average Bonchev–Trinajstić information content (AvgIpc) is 3.17. The lowest BCUT2D eigenvalue weighted by atomic mass is 10.1. The Morgan fingerprint density at radius 3 is 2.53 bits per heavy atom. The van der Waals surface area contributed by atoms with E-state index in [1.165, 1.54) is 12.1 Å². The lowest BCUT2D eigenvalue weighted by Gasteiger charge is -2.14. The third-order valence-electron chi connectivity index (χ3n) is 3.32. The third kappa shape index (κ3) is 3.31. The maximum atomic E-state index is 10.9. The number of nitro groups is 1. The lowest BCUT2D eigenvalue weighted by molar-refractivity contribution is -0.384. The fourth-order valence-corrected chi connectivity index (χ4v) is 1.83. The zero-order valence-corrected chi connectivity index (χ0v) is 10.8. The van der Waals surface area contributed by atoms with Gasteiger partial charge in [0.1, 0.15) is 11.6 Å². The van der Waals surface area contributed by atoms with Crippen molar-refractivity contribution >= 4 is 17.3 Å². The first-order chi connectivity index (χ1) is 9.08. The Hall–Kier alpha value is -1.89. The van der Waals surface area contributed by atoms with Crippen LogP contribution in [0.25, 0.3) is 0 Å². The van der Waals surface area contributed by atoms with Crippen LogP contribution in [0.15, 0.2) is 12.1 Å². The summed E-state index contributed by atoms with van der Waals surface area (Å²) >= 11 is 0. The normalized spacial score (nSPS) is 15.9. The molecule has 0 saturated heterocycles. The Morgan fingerprint density at radius 2 is 2.05 bits per heavy atom. The number of nitrogens with zero attached hydrogens (tertiary/aromatic N) is 2. The molecule has 0 unspecified atom stereocenters. The van der Waals surface area contributed by atoms with Crippen LogP contribution in [0.5, 0.6) is 0 Å². The molecule has 104 valence electrons. The first kappa shape index (κ1) is 13.5. The van der Waals surface area contributed by atoms with E-state index in [0.717, 1.165) is 12.8 Å². The zero-order valence-electron chi connectivity index (χ0n) is 10.8. The van der Waals surface area contributed by atoms with Crippen LogP contribution in [0.2, 0.25) is 0 Å². The molecule has 1 heterocycles. The molecule has 1 aromatic rings. The molecule has 19 heavy (non-hydrogen) atoms. The predicted molar refractivity (Wildman–Crippen MR) is 72.3 cm³/mol. The molecule has 0 spiro atoms. The van der Waals surface area contributed by atoms with E-state index in [4.69, 9.17) is 0 Å². The van der Waals surface area contributed by atoms with Gasteiger partial charge in [0.25, 0.3) is 5.69 Å². The van der Waals surface area contributed by atoms with Crippen LogP contribution in [0, 0.1) is 15.5 Å². The maximum Gasteiger partial charge on any atom is 0.276 e. The number of aliphatic hydroxyl groups is 1. The summed E-state index contributed by atoms with van der Waals surface area (Å²) in [6, 6.07) is 2.82. The van der Waals surface area contributed by atoms with Gasteiger partial charge in [0.05, 0.1) is 23.7 Å². The molecular formula is C12H18N4O3. The molecule has 0 amide bonds. The Morgan fingerprint density at radius 1 is 1.42 bits per heavy atom. The minimum Gasteiger partial charge on any atom is -0.396 e. The van der Waals surface area contributed by atoms with Crippen molar-refractivity contribution in [1.82, 2.24) is 4.98 Å². The number of rotatable bonds is 7. The molecule has 1 aliphatic rings. The first-order valence-corrected chi connectivity index (χ1v) is 6.34. The van der Waals surface area contributed by atoms with E-state index < -0.39 is 4.92 Å². The molecule has 0 atom stereocenters. The van der Waals surface area contributed by atoms with Gasteiger partial charge in [0.15, 0.2) is 0 Å². The van der Waals surface area contributed by atoms with Crippen LogP contribution < -0.4 is 10.6 Å². The average molecular weight is 266 g/mol. The fourth-order valence-electron chi connectivity index (χ4n) is 1.83. The van der Waals surface area contributed by atoms with Gasteiger partial charge in [-0.15, -0.1) is 0 Å². The van der Waals surface area contributed by atoms with E-state index in [1.807, 2.05) is 6.92 Å². The summed E-state index contributed by atoms with van der Waals surface area (Å²) in [4.78, 5) is 14.7. The monoisotopic (exact) mass is 266 g/mol. The van der Waals surface area contributed by atoms with Crippen molar-refractivity contribution in [3.05, 3.63) is 22.2 Å². The minimum atomic E-state index is -0.438. The Labute approximate surface area is 111 Å². The quantitative estimate of drug-likeness (QED) is 0.512. The van der Waals surface area contributed by atoms with E-state index in [0.29, 0.717) is 24.7 Å². The molecule has 7 nitrogen and oxygen atoms in total. The summed E-state index contributed by atoms with van der Waals surface area (Å²) in [6.45, 7) is 3.27. The number of hydrogen-bond donors (Lipinski definition) is 3. The Balaban J connectivity index is 2.11.